The predicted octanol–water partition coefficient (Wildman–Crippen LogP) is 2.30. The number of nitrogens with zero attached hydrogens (tertiary/aromatic N) is 1. The van der Waals surface area contributed by atoms with Crippen molar-refractivity contribution in [1.29, 1.82) is 0 Å². The lowest BCUT2D eigenvalue weighted by molar-refractivity contribution is -0.132. The fourth-order valence-corrected chi connectivity index (χ4v) is 2.56. The molecule has 0 aromatic heterocycles. The number of amides is 1. The number of rotatable bonds is 4. The van der Waals surface area contributed by atoms with Crippen LogP contribution in [0.15, 0.2) is 18.2 Å². The lowest BCUT2D eigenvalue weighted by Gasteiger charge is -2.22. The second kappa shape index (κ2) is 6.15. The Bertz CT molecular complexity index is 540. The molecule has 0 aliphatic carbocycles. The molecule has 1 unspecified atom stereocenters. The number of halogens is 3. The third kappa shape index (κ3) is 3.83. The largest absolute Gasteiger partial charge is 0.496 e. The van der Waals surface area contributed by atoms with Crippen molar-refractivity contribution in [3.05, 3.63) is 28.8 Å². The van der Waals surface area contributed by atoms with Crippen LogP contribution in [0.4, 0.5) is 8.78 Å². The van der Waals surface area contributed by atoms with E-state index in [0.29, 0.717) is 10.8 Å². The van der Waals surface area contributed by atoms with Crippen LogP contribution in [-0.4, -0.2) is 43.5 Å². The molecule has 0 saturated carbocycles. The molecule has 2 rings (SSSR count). The maximum absolute atomic E-state index is 13.1. The second-order valence-corrected chi connectivity index (χ2v) is 5.58. The minimum absolute atomic E-state index is 0.242. The van der Waals surface area contributed by atoms with Crippen LogP contribution in [0.1, 0.15) is 12.0 Å². The van der Waals surface area contributed by atoms with Crippen LogP contribution in [0.2, 0.25) is 5.02 Å². The van der Waals surface area contributed by atoms with Crippen molar-refractivity contribution in [2.24, 2.45) is 0 Å². The number of benzene rings is 1. The van der Waals surface area contributed by atoms with Crippen LogP contribution in [0.3, 0.4) is 0 Å². The molecule has 116 valence electrons. The van der Waals surface area contributed by atoms with Gasteiger partial charge in [-0.15, -0.1) is 0 Å². The Kier molecular flexibility index (Phi) is 4.68. The molecule has 1 aromatic carbocycles. The third-order valence-electron chi connectivity index (χ3n) is 3.43. The van der Waals surface area contributed by atoms with Gasteiger partial charge in [0, 0.05) is 30.6 Å². The zero-order valence-corrected chi connectivity index (χ0v) is 12.6. The molecular formula is C14H17ClF2N2O2. The van der Waals surface area contributed by atoms with E-state index in [1.54, 1.807) is 25.2 Å². The quantitative estimate of drug-likeness (QED) is 0.926. The molecule has 0 spiro atoms. The van der Waals surface area contributed by atoms with E-state index in [0.717, 1.165) is 5.56 Å². The van der Waals surface area contributed by atoms with Crippen molar-refractivity contribution in [2.75, 3.05) is 20.7 Å². The number of likely N-dealkylation sites (N-methyl/N-ethyl adjacent to an activating group) is 1. The number of carbonyl (C=O) groups is 1. The van der Waals surface area contributed by atoms with Gasteiger partial charge in [0.05, 0.1) is 19.7 Å². The summed E-state index contributed by atoms with van der Waals surface area (Å²) in [6, 6.07) is 4.24. The monoisotopic (exact) mass is 318 g/mol. The van der Waals surface area contributed by atoms with Gasteiger partial charge in [0.2, 0.25) is 5.91 Å². The third-order valence-corrected chi connectivity index (χ3v) is 3.67. The highest BCUT2D eigenvalue weighted by Gasteiger charge is 2.43. The van der Waals surface area contributed by atoms with Crippen LogP contribution in [0.25, 0.3) is 0 Å². The van der Waals surface area contributed by atoms with E-state index in [1.807, 2.05) is 0 Å². The minimum Gasteiger partial charge on any atom is -0.496 e. The summed E-state index contributed by atoms with van der Waals surface area (Å²) >= 11 is 5.93. The van der Waals surface area contributed by atoms with Crippen LogP contribution < -0.4 is 10.1 Å². The molecule has 1 amide bonds. The highest BCUT2D eigenvalue weighted by molar-refractivity contribution is 6.30. The first kappa shape index (κ1) is 16.0. The van der Waals surface area contributed by atoms with Gasteiger partial charge < -0.3 is 9.64 Å². The van der Waals surface area contributed by atoms with Gasteiger partial charge in [0.25, 0.3) is 5.92 Å². The van der Waals surface area contributed by atoms with E-state index in [2.05, 4.69) is 5.32 Å². The van der Waals surface area contributed by atoms with E-state index >= 15 is 0 Å². The van der Waals surface area contributed by atoms with Crippen molar-refractivity contribution in [1.82, 2.24) is 10.2 Å². The van der Waals surface area contributed by atoms with Crippen molar-refractivity contribution in [3.63, 3.8) is 0 Å². The first-order valence-electron chi connectivity index (χ1n) is 6.51. The van der Waals surface area contributed by atoms with E-state index in [4.69, 9.17) is 16.3 Å². The predicted molar refractivity (Wildman–Crippen MR) is 75.8 cm³/mol. The summed E-state index contributed by atoms with van der Waals surface area (Å²) in [5, 5.41) is 3.08. The summed E-state index contributed by atoms with van der Waals surface area (Å²) in [6.45, 7) is -0.218. The summed E-state index contributed by atoms with van der Waals surface area (Å²) < 4.78 is 31.5. The van der Waals surface area contributed by atoms with Crippen LogP contribution in [0.5, 0.6) is 5.75 Å². The molecule has 1 aromatic rings. The maximum atomic E-state index is 13.1. The number of methoxy groups -OCH3 is 1. The number of alkyl halides is 2. The van der Waals surface area contributed by atoms with E-state index in [1.165, 1.54) is 12.0 Å². The molecule has 1 heterocycles. The van der Waals surface area contributed by atoms with Gasteiger partial charge in [-0.3, -0.25) is 10.1 Å². The Morgan fingerprint density at radius 3 is 2.86 bits per heavy atom. The molecule has 1 aliphatic rings. The summed E-state index contributed by atoms with van der Waals surface area (Å²) in [5.74, 6) is -2.59. The second-order valence-electron chi connectivity index (χ2n) is 5.14. The molecule has 1 atom stereocenters. The van der Waals surface area contributed by atoms with Crippen molar-refractivity contribution in [2.45, 2.75) is 24.9 Å². The SMILES string of the molecule is COc1ccc(Cl)cc1CN(C)C(=O)C1CC(F)(F)CN1. The number of hydrogen-bond donors (Lipinski definition) is 1. The number of nitrogens with one attached hydrogen (secondary N) is 1. The first-order valence-corrected chi connectivity index (χ1v) is 6.89. The molecule has 1 fully saturated rings. The molecule has 1 saturated heterocycles. The summed E-state index contributed by atoms with van der Waals surface area (Å²) in [6.07, 6.45) is -0.469. The summed E-state index contributed by atoms with van der Waals surface area (Å²) in [4.78, 5) is 13.6. The Labute approximate surface area is 127 Å². The smallest absolute Gasteiger partial charge is 0.262 e. The summed E-state index contributed by atoms with van der Waals surface area (Å²) in [5.41, 5.74) is 0.727. The molecule has 7 heteroatoms. The van der Waals surface area contributed by atoms with E-state index < -0.39 is 24.9 Å². The zero-order chi connectivity index (χ0) is 15.6. The van der Waals surface area contributed by atoms with Crippen molar-refractivity contribution in [3.8, 4) is 5.75 Å². The standard InChI is InChI=1S/C14H17ClF2N2O2/c1-19(13(20)11-6-14(16,17)8-18-11)7-9-5-10(15)3-4-12(9)21-2/h3-5,11,18H,6-8H2,1-2H3. The van der Waals surface area contributed by atoms with Gasteiger partial charge in [-0.05, 0) is 18.2 Å². The number of hydrogen-bond acceptors (Lipinski definition) is 3. The van der Waals surface area contributed by atoms with Gasteiger partial charge in [-0.1, -0.05) is 11.6 Å². The number of carbonyl (C=O) groups excluding carboxylic acids is 1. The fraction of sp³-hybridized carbons (Fsp3) is 0.500. The Balaban J connectivity index is 2.06. The topological polar surface area (TPSA) is 41.6 Å². The van der Waals surface area contributed by atoms with E-state index in [9.17, 15) is 13.6 Å². The molecule has 1 N–H and O–H groups in total. The lowest BCUT2D eigenvalue weighted by atomic mass is 10.1. The molecule has 4 nitrogen and oxygen atoms in total. The highest BCUT2D eigenvalue weighted by Crippen LogP contribution is 2.27. The Morgan fingerprint density at radius 1 is 1.57 bits per heavy atom. The van der Waals surface area contributed by atoms with E-state index in [-0.39, 0.29) is 12.5 Å². The van der Waals surface area contributed by atoms with Gasteiger partial charge in [0.1, 0.15) is 5.75 Å². The average Bonchev–Trinajstić information content (AvgIpc) is 2.78. The molecule has 0 radical (unpaired) electrons. The molecule has 1 aliphatic heterocycles. The summed E-state index contributed by atoms with van der Waals surface area (Å²) in [7, 11) is 3.09. The normalized spacial score (nSPS) is 20.3. The van der Waals surface area contributed by atoms with Crippen LogP contribution in [0, 0.1) is 0 Å². The zero-order valence-electron chi connectivity index (χ0n) is 11.8. The molecule has 21 heavy (non-hydrogen) atoms. The lowest BCUT2D eigenvalue weighted by Crippen LogP contribution is -2.41. The van der Waals surface area contributed by atoms with Gasteiger partial charge in [0.15, 0.2) is 0 Å². The number of ether oxygens (including phenoxy) is 1. The highest BCUT2D eigenvalue weighted by atomic mass is 35.5. The molecular weight excluding hydrogens is 302 g/mol. The van der Waals surface area contributed by atoms with Crippen molar-refractivity contribution < 1.29 is 18.3 Å². The van der Waals surface area contributed by atoms with Crippen LogP contribution >= 0.6 is 11.6 Å². The average molecular weight is 319 g/mol. The first-order chi connectivity index (χ1) is 9.82. The Morgan fingerprint density at radius 2 is 2.29 bits per heavy atom. The van der Waals surface area contributed by atoms with Gasteiger partial charge >= 0.3 is 0 Å². The Hall–Kier alpha value is -1.40. The molecule has 0 bridgehead atoms. The maximum Gasteiger partial charge on any atom is 0.262 e. The van der Waals surface area contributed by atoms with Crippen LogP contribution in [-0.2, 0) is 11.3 Å². The van der Waals surface area contributed by atoms with Crippen molar-refractivity contribution >= 4 is 17.5 Å². The van der Waals surface area contributed by atoms with Gasteiger partial charge in [-0.25, -0.2) is 8.78 Å². The fourth-order valence-electron chi connectivity index (χ4n) is 2.36. The van der Waals surface area contributed by atoms with Gasteiger partial charge in [-0.2, -0.15) is 0 Å². The minimum atomic E-state index is -2.82.